The van der Waals surface area contributed by atoms with Gasteiger partial charge in [-0.1, -0.05) is 32.1 Å². The van der Waals surface area contributed by atoms with Crippen LogP contribution in [0.2, 0.25) is 0 Å². The van der Waals surface area contributed by atoms with Crippen molar-refractivity contribution in [2.45, 2.75) is 26.9 Å². The third-order valence-electron chi connectivity index (χ3n) is 3.20. The summed E-state index contributed by atoms with van der Waals surface area (Å²) in [5.41, 5.74) is 0.644. The summed E-state index contributed by atoms with van der Waals surface area (Å²) in [5.74, 6) is 0.373. The second kappa shape index (κ2) is 6.30. The number of aliphatic carboxylic acids is 1. The van der Waals surface area contributed by atoms with Crippen molar-refractivity contribution < 1.29 is 19.4 Å². The van der Waals surface area contributed by atoms with Crippen LogP contribution in [0.25, 0.3) is 0 Å². The topological polar surface area (TPSA) is 59.0 Å². The van der Waals surface area contributed by atoms with Gasteiger partial charge in [0.15, 0.2) is 17.6 Å². The first kappa shape index (κ1) is 15.6. The monoisotopic (exact) mass is 309 g/mol. The fourth-order valence-corrected chi connectivity index (χ4v) is 2.76. The summed E-state index contributed by atoms with van der Waals surface area (Å²) in [5, 5.41) is 9.13. The largest absolute Gasteiger partial charge is 0.490 e. The van der Waals surface area contributed by atoms with Crippen molar-refractivity contribution >= 4 is 28.9 Å². The van der Waals surface area contributed by atoms with Crippen LogP contribution in [-0.4, -0.2) is 35.3 Å². The van der Waals surface area contributed by atoms with Crippen molar-refractivity contribution in [2.24, 2.45) is 5.92 Å². The molecule has 0 radical (unpaired) electrons. The zero-order chi connectivity index (χ0) is 15.6. The summed E-state index contributed by atoms with van der Waals surface area (Å²) in [6.07, 6.45) is -0.339. The molecule has 0 aromatic heterocycles. The molecule has 1 N–H and O–H groups in total. The van der Waals surface area contributed by atoms with E-state index in [0.29, 0.717) is 28.8 Å². The fraction of sp³-hybridized carbons (Fsp3) is 0.467. The van der Waals surface area contributed by atoms with E-state index in [9.17, 15) is 4.79 Å². The van der Waals surface area contributed by atoms with Crippen LogP contribution < -0.4 is 14.4 Å². The van der Waals surface area contributed by atoms with Crippen LogP contribution in [-0.2, 0) is 4.79 Å². The standard InChI is InChI=1S/C15H19NO4S/c1-4-19-11-7-5-6-10-14(11)20-13(9(2)3)15(21)16(10)8-12(17)18/h5-7,9,13H,4,8H2,1-3H3,(H,17,18). The number of benzene rings is 1. The first-order valence-corrected chi connectivity index (χ1v) is 7.32. The molecule has 0 saturated carbocycles. The fourth-order valence-electron chi connectivity index (χ4n) is 2.27. The number of ether oxygens (including phenoxy) is 2. The van der Waals surface area contributed by atoms with Gasteiger partial charge in [-0.3, -0.25) is 4.79 Å². The number of nitrogens with zero attached hydrogens (tertiary/aromatic N) is 1. The molecule has 1 aliphatic heterocycles. The highest BCUT2D eigenvalue weighted by Crippen LogP contribution is 2.43. The van der Waals surface area contributed by atoms with Crippen molar-refractivity contribution in [1.82, 2.24) is 0 Å². The Morgan fingerprint density at radius 2 is 2.24 bits per heavy atom. The molecule has 6 heteroatoms. The number of thiocarbonyl (C=S) groups is 1. The highest BCUT2D eigenvalue weighted by atomic mass is 32.1. The molecule has 1 aromatic carbocycles. The normalized spacial score (nSPS) is 17.4. The second-order valence-corrected chi connectivity index (χ2v) is 5.56. The summed E-state index contributed by atoms with van der Waals surface area (Å²) in [6.45, 7) is 6.19. The van der Waals surface area contributed by atoms with Gasteiger partial charge in [-0.15, -0.1) is 0 Å². The summed E-state index contributed by atoms with van der Waals surface area (Å²) >= 11 is 5.42. The Hall–Kier alpha value is -1.82. The number of carbonyl (C=O) groups is 1. The predicted octanol–water partition coefficient (Wildman–Crippen LogP) is 2.72. The molecule has 1 heterocycles. The molecule has 0 aliphatic carbocycles. The Bertz CT molecular complexity index is 559. The summed E-state index contributed by atoms with van der Waals surface area (Å²) < 4.78 is 11.6. The maximum Gasteiger partial charge on any atom is 0.323 e. The molecular formula is C15H19NO4S. The molecule has 1 aliphatic rings. The van der Waals surface area contributed by atoms with Crippen molar-refractivity contribution in [2.75, 3.05) is 18.1 Å². The number of carboxylic acid groups (broad SMARTS) is 1. The summed E-state index contributed by atoms with van der Waals surface area (Å²) in [6, 6.07) is 5.41. The van der Waals surface area contributed by atoms with Crippen molar-refractivity contribution in [1.29, 1.82) is 0 Å². The van der Waals surface area contributed by atoms with Crippen molar-refractivity contribution in [3.05, 3.63) is 18.2 Å². The van der Waals surface area contributed by atoms with Gasteiger partial charge in [0.05, 0.1) is 12.3 Å². The van der Waals surface area contributed by atoms with Gasteiger partial charge in [0.1, 0.15) is 11.5 Å². The number of para-hydroxylation sites is 1. The van der Waals surface area contributed by atoms with Crippen LogP contribution in [0.4, 0.5) is 5.69 Å². The van der Waals surface area contributed by atoms with Crippen LogP contribution in [0.3, 0.4) is 0 Å². The number of hydrogen-bond acceptors (Lipinski definition) is 4. The minimum Gasteiger partial charge on any atom is -0.490 e. The van der Waals surface area contributed by atoms with Gasteiger partial charge < -0.3 is 19.5 Å². The predicted molar refractivity (Wildman–Crippen MR) is 84.4 cm³/mol. The van der Waals surface area contributed by atoms with Gasteiger partial charge in [-0.25, -0.2) is 0 Å². The third-order valence-corrected chi connectivity index (χ3v) is 3.65. The zero-order valence-electron chi connectivity index (χ0n) is 12.3. The van der Waals surface area contributed by atoms with Crippen molar-refractivity contribution in [3.63, 3.8) is 0 Å². The van der Waals surface area contributed by atoms with E-state index in [1.54, 1.807) is 17.0 Å². The minimum atomic E-state index is -0.936. The maximum atomic E-state index is 11.1. The molecule has 1 unspecified atom stereocenters. The molecule has 0 amide bonds. The lowest BCUT2D eigenvalue weighted by Gasteiger charge is -2.38. The molecule has 2 rings (SSSR count). The molecule has 0 fully saturated rings. The highest BCUT2D eigenvalue weighted by Gasteiger charge is 2.35. The quantitative estimate of drug-likeness (QED) is 0.844. The average Bonchev–Trinajstić information content (AvgIpc) is 2.41. The van der Waals surface area contributed by atoms with Crippen LogP contribution >= 0.6 is 12.2 Å². The summed E-state index contributed by atoms with van der Waals surface area (Å²) in [7, 11) is 0. The van der Waals surface area contributed by atoms with Gasteiger partial charge in [0.25, 0.3) is 0 Å². The smallest absolute Gasteiger partial charge is 0.323 e. The van der Waals surface area contributed by atoms with Crippen molar-refractivity contribution in [3.8, 4) is 11.5 Å². The first-order chi connectivity index (χ1) is 9.95. The van der Waals surface area contributed by atoms with Crippen LogP contribution in [0.1, 0.15) is 20.8 Å². The molecule has 0 bridgehead atoms. The third kappa shape index (κ3) is 3.10. The number of carboxylic acids is 1. The second-order valence-electron chi connectivity index (χ2n) is 5.14. The Morgan fingerprint density at radius 3 is 2.81 bits per heavy atom. The van der Waals surface area contributed by atoms with Gasteiger partial charge >= 0.3 is 5.97 Å². The van der Waals surface area contributed by atoms with Crippen LogP contribution in [0, 0.1) is 5.92 Å². The molecular weight excluding hydrogens is 290 g/mol. The molecule has 0 spiro atoms. The van der Waals surface area contributed by atoms with E-state index in [-0.39, 0.29) is 18.6 Å². The van der Waals surface area contributed by atoms with Gasteiger partial charge in [-0.05, 0) is 25.0 Å². The SMILES string of the molecule is CCOc1cccc2c1OC(C(C)C)C(=S)N2CC(=O)O. The molecule has 1 aromatic rings. The number of fused-ring (bicyclic) bond motifs is 1. The number of anilines is 1. The zero-order valence-corrected chi connectivity index (χ0v) is 13.1. The Morgan fingerprint density at radius 1 is 1.52 bits per heavy atom. The molecule has 1 atom stereocenters. The average molecular weight is 309 g/mol. The highest BCUT2D eigenvalue weighted by molar-refractivity contribution is 7.80. The maximum absolute atomic E-state index is 11.1. The molecule has 5 nitrogen and oxygen atoms in total. The summed E-state index contributed by atoms with van der Waals surface area (Å²) in [4.78, 5) is 13.2. The minimum absolute atomic E-state index is 0.136. The molecule has 0 saturated heterocycles. The Kier molecular flexibility index (Phi) is 4.67. The van der Waals surface area contributed by atoms with E-state index in [4.69, 9.17) is 26.8 Å². The Labute approximate surface area is 129 Å². The number of rotatable bonds is 5. The molecule has 114 valence electrons. The van der Waals surface area contributed by atoms with E-state index in [0.717, 1.165) is 0 Å². The lowest BCUT2D eigenvalue weighted by Crippen LogP contribution is -2.49. The van der Waals surface area contributed by atoms with Gasteiger partial charge in [-0.2, -0.15) is 0 Å². The Balaban J connectivity index is 2.50. The van der Waals surface area contributed by atoms with Gasteiger partial charge in [0.2, 0.25) is 0 Å². The van der Waals surface area contributed by atoms with E-state index >= 15 is 0 Å². The first-order valence-electron chi connectivity index (χ1n) is 6.91. The number of hydrogen-bond donors (Lipinski definition) is 1. The van der Waals surface area contributed by atoms with Crippen LogP contribution in [0.15, 0.2) is 18.2 Å². The van der Waals surface area contributed by atoms with E-state index in [1.807, 2.05) is 26.8 Å². The lowest BCUT2D eigenvalue weighted by atomic mass is 10.0. The van der Waals surface area contributed by atoms with E-state index in [2.05, 4.69) is 0 Å². The lowest BCUT2D eigenvalue weighted by molar-refractivity contribution is -0.135. The van der Waals surface area contributed by atoms with Crippen LogP contribution in [0.5, 0.6) is 11.5 Å². The van der Waals surface area contributed by atoms with E-state index in [1.165, 1.54) is 0 Å². The van der Waals surface area contributed by atoms with E-state index < -0.39 is 5.97 Å². The molecule has 21 heavy (non-hydrogen) atoms. The van der Waals surface area contributed by atoms with Gasteiger partial charge in [0, 0.05) is 0 Å².